The second kappa shape index (κ2) is 7.12. The summed E-state index contributed by atoms with van der Waals surface area (Å²) in [5.74, 6) is 0. The molecule has 1 saturated heterocycles. The van der Waals surface area contributed by atoms with Crippen LogP contribution in [-0.2, 0) is 14.8 Å². The minimum atomic E-state index is -3.51. The Morgan fingerprint density at radius 1 is 1.17 bits per heavy atom. The Hall–Kier alpha value is -0.950. The first-order valence-electron chi connectivity index (χ1n) is 8.49. The molecule has 1 fully saturated rings. The zero-order valence-electron chi connectivity index (χ0n) is 15.6. The van der Waals surface area contributed by atoms with E-state index in [9.17, 15) is 8.42 Å². The predicted molar refractivity (Wildman–Crippen MR) is 96.8 cm³/mol. The number of rotatable bonds is 5. The molecule has 24 heavy (non-hydrogen) atoms. The first-order valence-corrected chi connectivity index (χ1v) is 9.97. The molecule has 0 saturated carbocycles. The van der Waals surface area contributed by atoms with Gasteiger partial charge in [0, 0.05) is 25.2 Å². The van der Waals surface area contributed by atoms with Gasteiger partial charge in [-0.3, -0.25) is 4.90 Å². The number of ether oxygens (including phenoxy) is 1. The number of benzene rings is 1. The van der Waals surface area contributed by atoms with Crippen LogP contribution in [0.4, 0.5) is 0 Å². The van der Waals surface area contributed by atoms with Crippen molar-refractivity contribution >= 4 is 10.0 Å². The fourth-order valence-corrected chi connectivity index (χ4v) is 4.31. The topological polar surface area (TPSA) is 58.6 Å². The zero-order valence-corrected chi connectivity index (χ0v) is 16.4. The largest absolute Gasteiger partial charge is 0.373 e. The van der Waals surface area contributed by atoms with E-state index in [0.717, 1.165) is 24.2 Å². The van der Waals surface area contributed by atoms with Crippen LogP contribution in [-0.4, -0.2) is 50.7 Å². The maximum atomic E-state index is 12.6. The number of morpholine rings is 1. The number of hydrogen-bond acceptors (Lipinski definition) is 4. The van der Waals surface area contributed by atoms with Gasteiger partial charge in [-0.15, -0.1) is 0 Å². The molecule has 2 atom stereocenters. The maximum absolute atomic E-state index is 12.6. The van der Waals surface area contributed by atoms with Crippen LogP contribution in [0.15, 0.2) is 23.1 Å². The summed E-state index contributed by atoms with van der Waals surface area (Å²) >= 11 is 0. The van der Waals surface area contributed by atoms with Gasteiger partial charge >= 0.3 is 0 Å². The van der Waals surface area contributed by atoms with Gasteiger partial charge in [0.25, 0.3) is 0 Å². The molecule has 0 radical (unpaired) electrons. The van der Waals surface area contributed by atoms with Crippen molar-refractivity contribution in [1.82, 2.24) is 9.62 Å². The molecule has 5 nitrogen and oxygen atoms in total. The molecule has 1 aliphatic rings. The highest BCUT2D eigenvalue weighted by atomic mass is 32.2. The minimum Gasteiger partial charge on any atom is -0.373 e. The molecule has 1 aromatic rings. The van der Waals surface area contributed by atoms with E-state index in [2.05, 4.69) is 37.3 Å². The normalized spacial score (nSPS) is 23.4. The molecule has 0 aromatic heterocycles. The summed E-state index contributed by atoms with van der Waals surface area (Å²) in [5.41, 5.74) is 1.79. The molecule has 0 unspecified atom stereocenters. The van der Waals surface area contributed by atoms with Crippen molar-refractivity contribution in [2.24, 2.45) is 0 Å². The third kappa shape index (κ3) is 4.57. The van der Waals surface area contributed by atoms with E-state index in [1.807, 2.05) is 19.9 Å². The first-order chi connectivity index (χ1) is 11.0. The molecule has 2 rings (SSSR count). The quantitative estimate of drug-likeness (QED) is 0.882. The van der Waals surface area contributed by atoms with Crippen molar-refractivity contribution in [3.05, 3.63) is 29.3 Å². The summed E-state index contributed by atoms with van der Waals surface area (Å²) in [7, 11) is -3.51. The molecular weight excluding hydrogens is 324 g/mol. The second-order valence-corrected chi connectivity index (χ2v) is 9.31. The van der Waals surface area contributed by atoms with Gasteiger partial charge in [0.1, 0.15) is 0 Å². The van der Waals surface area contributed by atoms with Gasteiger partial charge in [0.2, 0.25) is 10.0 Å². The highest BCUT2D eigenvalue weighted by Gasteiger charge is 2.34. The van der Waals surface area contributed by atoms with Crippen LogP contribution in [0.25, 0.3) is 0 Å². The van der Waals surface area contributed by atoms with E-state index in [0.29, 0.717) is 11.4 Å². The van der Waals surface area contributed by atoms with E-state index in [1.54, 1.807) is 12.1 Å². The SMILES string of the molecule is Cc1ccc(S(=O)(=O)NCC(C)(C)N2C[C@H](C)O[C@@H](C)C2)cc1C. The van der Waals surface area contributed by atoms with E-state index >= 15 is 0 Å². The Balaban J connectivity index is 2.08. The molecule has 0 amide bonds. The summed E-state index contributed by atoms with van der Waals surface area (Å²) in [5, 5.41) is 0. The van der Waals surface area contributed by atoms with Gasteiger partial charge in [0.15, 0.2) is 0 Å². The minimum absolute atomic E-state index is 0.157. The third-order valence-electron chi connectivity index (χ3n) is 4.76. The predicted octanol–water partition coefficient (Wildman–Crippen LogP) is 2.47. The standard InChI is InChI=1S/C18H30N2O3S/c1-13-7-8-17(9-14(13)2)24(21,22)19-12-18(5,6)20-10-15(3)23-16(4)11-20/h7-9,15-16,19H,10-12H2,1-6H3/t15-,16-/m0/s1. The van der Waals surface area contributed by atoms with Crippen molar-refractivity contribution in [1.29, 1.82) is 0 Å². The average Bonchev–Trinajstić information content (AvgIpc) is 2.47. The lowest BCUT2D eigenvalue weighted by Crippen LogP contribution is -2.58. The molecule has 1 N–H and O–H groups in total. The van der Waals surface area contributed by atoms with Crippen LogP contribution in [0.1, 0.15) is 38.8 Å². The van der Waals surface area contributed by atoms with Crippen LogP contribution >= 0.6 is 0 Å². The van der Waals surface area contributed by atoms with Gasteiger partial charge in [0.05, 0.1) is 17.1 Å². The lowest BCUT2D eigenvalue weighted by atomic mass is 10.0. The van der Waals surface area contributed by atoms with E-state index < -0.39 is 10.0 Å². The monoisotopic (exact) mass is 354 g/mol. The molecule has 6 heteroatoms. The van der Waals surface area contributed by atoms with Crippen molar-refractivity contribution in [2.75, 3.05) is 19.6 Å². The maximum Gasteiger partial charge on any atom is 0.240 e. The first kappa shape index (κ1) is 19.4. The Labute approximate surface area is 146 Å². The van der Waals surface area contributed by atoms with Crippen LogP contribution < -0.4 is 4.72 Å². The molecule has 0 spiro atoms. The highest BCUT2D eigenvalue weighted by Crippen LogP contribution is 2.22. The number of nitrogens with one attached hydrogen (secondary N) is 1. The van der Waals surface area contributed by atoms with Crippen LogP contribution in [0.3, 0.4) is 0 Å². The lowest BCUT2D eigenvalue weighted by Gasteiger charge is -2.45. The lowest BCUT2D eigenvalue weighted by molar-refractivity contribution is -0.0945. The second-order valence-electron chi connectivity index (χ2n) is 7.55. The van der Waals surface area contributed by atoms with Crippen LogP contribution in [0.2, 0.25) is 0 Å². The summed E-state index contributed by atoms with van der Waals surface area (Å²) in [6.07, 6.45) is 0.314. The highest BCUT2D eigenvalue weighted by molar-refractivity contribution is 7.89. The fraction of sp³-hybridized carbons (Fsp3) is 0.667. The van der Waals surface area contributed by atoms with Crippen molar-refractivity contribution in [3.8, 4) is 0 Å². The zero-order chi connectivity index (χ0) is 18.1. The Bertz CT molecular complexity index is 676. The Morgan fingerprint density at radius 2 is 1.75 bits per heavy atom. The Kier molecular flexibility index (Phi) is 5.75. The van der Waals surface area contributed by atoms with Crippen LogP contribution in [0, 0.1) is 13.8 Å². The van der Waals surface area contributed by atoms with E-state index in [-0.39, 0.29) is 17.7 Å². The van der Waals surface area contributed by atoms with Gasteiger partial charge in [-0.05, 0) is 64.8 Å². The average molecular weight is 355 g/mol. The van der Waals surface area contributed by atoms with E-state index in [1.165, 1.54) is 0 Å². The van der Waals surface area contributed by atoms with Crippen molar-refractivity contribution < 1.29 is 13.2 Å². The molecule has 1 aromatic carbocycles. The molecular formula is C18H30N2O3S. The van der Waals surface area contributed by atoms with Crippen LogP contribution in [0.5, 0.6) is 0 Å². The van der Waals surface area contributed by atoms with Gasteiger partial charge in [-0.1, -0.05) is 6.07 Å². The van der Waals surface area contributed by atoms with Gasteiger partial charge in [-0.25, -0.2) is 13.1 Å². The van der Waals surface area contributed by atoms with E-state index in [4.69, 9.17) is 4.74 Å². The summed E-state index contributed by atoms with van der Waals surface area (Å²) in [4.78, 5) is 2.62. The summed E-state index contributed by atoms with van der Waals surface area (Å²) < 4.78 is 33.7. The summed E-state index contributed by atoms with van der Waals surface area (Å²) in [6, 6.07) is 5.24. The summed E-state index contributed by atoms with van der Waals surface area (Å²) in [6.45, 7) is 14.1. The number of hydrogen-bond donors (Lipinski definition) is 1. The Morgan fingerprint density at radius 3 is 2.29 bits per heavy atom. The number of sulfonamides is 1. The third-order valence-corrected chi connectivity index (χ3v) is 6.16. The molecule has 1 aliphatic heterocycles. The number of aryl methyl sites for hydroxylation is 2. The molecule has 0 aliphatic carbocycles. The molecule has 1 heterocycles. The van der Waals surface area contributed by atoms with Gasteiger partial charge in [-0.2, -0.15) is 0 Å². The van der Waals surface area contributed by atoms with Gasteiger partial charge < -0.3 is 4.74 Å². The molecule has 136 valence electrons. The smallest absolute Gasteiger partial charge is 0.240 e. The molecule has 0 bridgehead atoms. The number of nitrogens with zero attached hydrogens (tertiary/aromatic N) is 1. The van der Waals surface area contributed by atoms with Crippen molar-refractivity contribution in [2.45, 2.75) is 64.2 Å². The fourth-order valence-electron chi connectivity index (χ4n) is 3.02. The van der Waals surface area contributed by atoms with Crippen molar-refractivity contribution in [3.63, 3.8) is 0 Å².